The first-order chi connectivity index (χ1) is 12.4. The molecule has 2 aromatic rings. The smallest absolute Gasteiger partial charge is 0.272 e. The summed E-state index contributed by atoms with van der Waals surface area (Å²) in [5, 5.41) is 4.97. The Morgan fingerprint density at radius 2 is 2.12 bits per heavy atom. The maximum Gasteiger partial charge on any atom is 0.272 e. The molecule has 138 valence electrons. The summed E-state index contributed by atoms with van der Waals surface area (Å²) in [6.07, 6.45) is 1.80. The van der Waals surface area contributed by atoms with Crippen LogP contribution in [0.25, 0.3) is 0 Å². The van der Waals surface area contributed by atoms with Crippen molar-refractivity contribution in [2.24, 2.45) is 7.05 Å². The lowest BCUT2D eigenvalue weighted by molar-refractivity contribution is -0.121. The van der Waals surface area contributed by atoms with E-state index in [9.17, 15) is 9.59 Å². The van der Waals surface area contributed by atoms with Gasteiger partial charge in [-0.3, -0.25) is 14.3 Å². The number of rotatable bonds is 4. The molecule has 3 rings (SSSR count). The van der Waals surface area contributed by atoms with Crippen LogP contribution in [0.5, 0.6) is 0 Å². The number of nitrogens with zero attached hydrogens (tertiary/aromatic N) is 4. The number of aromatic nitrogens is 2. The number of carbonyl (C=O) groups excluding carboxylic acids is 2. The van der Waals surface area contributed by atoms with E-state index in [1.54, 1.807) is 33.7 Å². The second-order valence-corrected chi connectivity index (χ2v) is 7.10. The molecule has 26 heavy (non-hydrogen) atoms. The highest BCUT2D eigenvalue weighted by atomic mass is 35.5. The first kappa shape index (κ1) is 18.5. The Kier molecular flexibility index (Phi) is 5.32. The molecular formula is C19H23ClN4O2. The standard InChI is InChI=1S/C19H23ClN4O2/c1-4-6-15-10-17(22(3)21-15)19(26)23-12-18(25)24(11-13(23)2)16-8-5-7-14(20)9-16/h5,7-10,13H,4,6,11-12H2,1-3H3. The molecule has 1 aliphatic heterocycles. The molecule has 1 unspecified atom stereocenters. The second kappa shape index (κ2) is 7.50. The molecule has 0 spiro atoms. The van der Waals surface area contributed by atoms with Crippen molar-refractivity contribution in [3.63, 3.8) is 0 Å². The zero-order chi connectivity index (χ0) is 18.8. The fourth-order valence-corrected chi connectivity index (χ4v) is 3.45. The van der Waals surface area contributed by atoms with Crippen LogP contribution in [0.1, 0.15) is 36.5 Å². The second-order valence-electron chi connectivity index (χ2n) is 6.66. The van der Waals surface area contributed by atoms with E-state index in [2.05, 4.69) is 12.0 Å². The Bertz CT molecular complexity index is 833. The van der Waals surface area contributed by atoms with E-state index in [1.165, 1.54) is 0 Å². The molecule has 6 nitrogen and oxygen atoms in total. The molecule has 0 bridgehead atoms. The lowest BCUT2D eigenvalue weighted by Crippen LogP contribution is -2.57. The van der Waals surface area contributed by atoms with Gasteiger partial charge in [-0.25, -0.2) is 0 Å². The third-order valence-corrected chi connectivity index (χ3v) is 4.86. The van der Waals surface area contributed by atoms with E-state index >= 15 is 0 Å². The van der Waals surface area contributed by atoms with E-state index in [0.717, 1.165) is 24.2 Å². The highest BCUT2D eigenvalue weighted by Gasteiger charge is 2.34. The van der Waals surface area contributed by atoms with Crippen molar-refractivity contribution in [2.75, 3.05) is 18.0 Å². The third kappa shape index (κ3) is 3.60. The van der Waals surface area contributed by atoms with Crippen LogP contribution < -0.4 is 4.90 Å². The molecular weight excluding hydrogens is 352 g/mol. The van der Waals surface area contributed by atoms with Crippen molar-refractivity contribution in [3.8, 4) is 0 Å². The van der Waals surface area contributed by atoms with E-state index in [0.29, 0.717) is 17.3 Å². The van der Waals surface area contributed by atoms with Gasteiger partial charge in [0.05, 0.1) is 5.69 Å². The summed E-state index contributed by atoms with van der Waals surface area (Å²) in [4.78, 5) is 28.9. The molecule has 2 amide bonds. The molecule has 1 atom stereocenters. The highest BCUT2D eigenvalue weighted by molar-refractivity contribution is 6.30. The van der Waals surface area contributed by atoms with Gasteiger partial charge in [0.2, 0.25) is 5.91 Å². The lowest BCUT2D eigenvalue weighted by Gasteiger charge is -2.39. The molecule has 1 fully saturated rings. The topological polar surface area (TPSA) is 58.4 Å². The minimum atomic E-state index is -0.158. The van der Waals surface area contributed by atoms with Crippen LogP contribution in [0.2, 0.25) is 5.02 Å². The zero-order valence-electron chi connectivity index (χ0n) is 15.3. The summed E-state index contributed by atoms with van der Waals surface area (Å²) >= 11 is 6.04. The largest absolute Gasteiger partial charge is 0.323 e. The Morgan fingerprint density at radius 3 is 2.81 bits per heavy atom. The van der Waals surface area contributed by atoms with Gasteiger partial charge in [-0.1, -0.05) is 31.0 Å². The van der Waals surface area contributed by atoms with Gasteiger partial charge in [-0.05, 0) is 37.6 Å². The van der Waals surface area contributed by atoms with E-state index in [4.69, 9.17) is 11.6 Å². The molecule has 1 aromatic heterocycles. The van der Waals surface area contributed by atoms with Gasteiger partial charge < -0.3 is 9.80 Å². The molecule has 0 radical (unpaired) electrons. The maximum atomic E-state index is 13.0. The predicted molar refractivity (Wildman–Crippen MR) is 102 cm³/mol. The van der Waals surface area contributed by atoms with Gasteiger partial charge in [-0.2, -0.15) is 5.10 Å². The summed E-state index contributed by atoms with van der Waals surface area (Å²) in [7, 11) is 1.76. The van der Waals surface area contributed by atoms with Gasteiger partial charge in [-0.15, -0.1) is 0 Å². The fraction of sp³-hybridized carbons (Fsp3) is 0.421. The third-order valence-electron chi connectivity index (χ3n) is 4.62. The summed E-state index contributed by atoms with van der Waals surface area (Å²) in [6, 6.07) is 8.93. The zero-order valence-corrected chi connectivity index (χ0v) is 16.0. The minimum absolute atomic E-state index is 0.0425. The minimum Gasteiger partial charge on any atom is -0.323 e. The summed E-state index contributed by atoms with van der Waals surface area (Å²) in [6.45, 7) is 4.50. The molecule has 0 saturated carbocycles. The van der Waals surface area contributed by atoms with Crippen molar-refractivity contribution in [1.29, 1.82) is 0 Å². The van der Waals surface area contributed by atoms with Gasteiger partial charge in [0, 0.05) is 30.3 Å². The number of anilines is 1. The average molecular weight is 375 g/mol. The molecule has 2 heterocycles. The fourth-order valence-electron chi connectivity index (χ4n) is 3.27. The van der Waals surface area contributed by atoms with Crippen LogP contribution >= 0.6 is 11.6 Å². The SMILES string of the molecule is CCCc1cc(C(=O)N2CC(=O)N(c3cccc(Cl)c3)CC2C)n(C)n1. The Morgan fingerprint density at radius 1 is 1.35 bits per heavy atom. The van der Waals surface area contributed by atoms with Crippen LogP contribution in [0, 0.1) is 0 Å². The Balaban J connectivity index is 1.79. The van der Waals surface area contributed by atoms with Crippen molar-refractivity contribution < 1.29 is 9.59 Å². The molecule has 0 aliphatic carbocycles. The van der Waals surface area contributed by atoms with E-state index in [-0.39, 0.29) is 24.4 Å². The van der Waals surface area contributed by atoms with Crippen LogP contribution in [0.3, 0.4) is 0 Å². The normalized spacial score (nSPS) is 17.7. The van der Waals surface area contributed by atoms with Crippen LogP contribution in [0.4, 0.5) is 5.69 Å². The Labute approximate surface area is 158 Å². The molecule has 1 saturated heterocycles. The summed E-state index contributed by atoms with van der Waals surface area (Å²) in [5.74, 6) is -0.274. The quantitative estimate of drug-likeness (QED) is 0.826. The van der Waals surface area contributed by atoms with Crippen LogP contribution in [-0.4, -0.2) is 45.6 Å². The van der Waals surface area contributed by atoms with Crippen molar-refractivity contribution in [2.45, 2.75) is 32.7 Å². The maximum absolute atomic E-state index is 13.0. The average Bonchev–Trinajstić information content (AvgIpc) is 2.96. The number of hydrogen-bond acceptors (Lipinski definition) is 3. The lowest BCUT2D eigenvalue weighted by atomic mass is 10.1. The van der Waals surface area contributed by atoms with Gasteiger partial charge in [0.15, 0.2) is 0 Å². The Hall–Kier alpha value is -2.34. The first-order valence-electron chi connectivity index (χ1n) is 8.80. The van der Waals surface area contributed by atoms with Crippen molar-refractivity contribution in [3.05, 3.63) is 46.7 Å². The van der Waals surface area contributed by atoms with E-state index < -0.39 is 0 Å². The molecule has 1 aromatic carbocycles. The number of carbonyl (C=O) groups is 2. The number of halogens is 1. The molecule has 7 heteroatoms. The van der Waals surface area contributed by atoms with Crippen LogP contribution in [0.15, 0.2) is 30.3 Å². The first-order valence-corrected chi connectivity index (χ1v) is 9.18. The van der Waals surface area contributed by atoms with Gasteiger partial charge in [0.25, 0.3) is 5.91 Å². The number of aryl methyl sites for hydroxylation is 2. The highest BCUT2D eigenvalue weighted by Crippen LogP contribution is 2.24. The predicted octanol–water partition coefficient (Wildman–Crippen LogP) is 2.90. The van der Waals surface area contributed by atoms with Gasteiger partial charge in [0.1, 0.15) is 12.2 Å². The number of amides is 2. The van der Waals surface area contributed by atoms with Crippen molar-refractivity contribution >= 4 is 29.1 Å². The number of benzene rings is 1. The monoisotopic (exact) mass is 374 g/mol. The summed E-state index contributed by atoms with van der Waals surface area (Å²) < 4.78 is 1.61. The number of hydrogen-bond donors (Lipinski definition) is 0. The van der Waals surface area contributed by atoms with Gasteiger partial charge >= 0.3 is 0 Å². The van der Waals surface area contributed by atoms with Crippen molar-refractivity contribution in [1.82, 2.24) is 14.7 Å². The number of piperazine rings is 1. The molecule has 0 N–H and O–H groups in total. The van der Waals surface area contributed by atoms with E-state index in [1.807, 2.05) is 25.1 Å². The molecule has 1 aliphatic rings. The summed E-state index contributed by atoms with van der Waals surface area (Å²) in [5.41, 5.74) is 2.17. The van der Waals surface area contributed by atoms with Crippen LogP contribution in [-0.2, 0) is 18.3 Å².